The van der Waals surface area contributed by atoms with E-state index in [-0.39, 0.29) is 22.9 Å². The first-order valence-electron chi connectivity index (χ1n) is 11.1. The maximum Gasteiger partial charge on any atom is 0.226 e. The summed E-state index contributed by atoms with van der Waals surface area (Å²) in [4.78, 5) is 20.1. The molecule has 6 heteroatoms. The Balaban J connectivity index is 1.48. The zero-order valence-corrected chi connectivity index (χ0v) is 19.2. The van der Waals surface area contributed by atoms with Crippen molar-refractivity contribution in [3.05, 3.63) is 35.2 Å². The van der Waals surface area contributed by atoms with Crippen LogP contribution in [-0.4, -0.2) is 49.7 Å². The molecule has 0 aliphatic carbocycles. The van der Waals surface area contributed by atoms with Crippen LogP contribution in [0.5, 0.6) is 0 Å². The van der Waals surface area contributed by atoms with Gasteiger partial charge in [-0.05, 0) is 66.0 Å². The molecule has 6 nitrogen and oxygen atoms in total. The van der Waals surface area contributed by atoms with Crippen molar-refractivity contribution >= 4 is 16.9 Å². The van der Waals surface area contributed by atoms with E-state index in [0.717, 1.165) is 54.8 Å². The number of carbonyl (C=O) groups is 1. The number of aromatic nitrogens is 3. The molecule has 4 heterocycles. The van der Waals surface area contributed by atoms with Crippen molar-refractivity contribution in [1.82, 2.24) is 25.0 Å². The summed E-state index contributed by atoms with van der Waals surface area (Å²) in [5.74, 6) is 0.536. The number of nitrogens with zero attached hydrogens (tertiary/aromatic N) is 4. The molecular formula is C24H35N5O. The highest BCUT2D eigenvalue weighted by atomic mass is 16.2. The fourth-order valence-electron chi connectivity index (χ4n) is 5.49. The van der Waals surface area contributed by atoms with E-state index in [1.807, 2.05) is 18.7 Å². The lowest BCUT2D eigenvalue weighted by molar-refractivity contribution is -0.131. The number of hydrogen-bond donors (Lipinski definition) is 1. The first-order valence-corrected chi connectivity index (χ1v) is 11.1. The van der Waals surface area contributed by atoms with Crippen LogP contribution in [0, 0.1) is 6.92 Å². The van der Waals surface area contributed by atoms with Gasteiger partial charge in [-0.1, -0.05) is 11.6 Å². The van der Waals surface area contributed by atoms with Gasteiger partial charge in [-0.15, -0.1) is 0 Å². The summed E-state index contributed by atoms with van der Waals surface area (Å²) in [6, 6.07) is 4.25. The van der Waals surface area contributed by atoms with Gasteiger partial charge in [-0.25, -0.2) is 4.98 Å². The second-order valence-electron chi connectivity index (χ2n) is 10.4. The van der Waals surface area contributed by atoms with Crippen molar-refractivity contribution < 1.29 is 4.79 Å². The van der Waals surface area contributed by atoms with Gasteiger partial charge in [0.05, 0.1) is 5.69 Å². The zero-order chi connectivity index (χ0) is 21.7. The Morgan fingerprint density at radius 1 is 1.27 bits per heavy atom. The summed E-state index contributed by atoms with van der Waals surface area (Å²) >= 11 is 0. The lowest BCUT2D eigenvalue weighted by Gasteiger charge is -2.41. The van der Waals surface area contributed by atoms with E-state index in [9.17, 15) is 4.79 Å². The van der Waals surface area contributed by atoms with Gasteiger partial charge in [0.2, 0.25) is 5.91 Å². The molecular weight excluding hydrogens is 374 g/mol. The van der Waals surface area contributed by atoms with E-state index in [1.54, 1.807) is 0 Å². The van der Waals surface area contributed by atoms with Crippen molar-refractivity contribution in [3.8, 4) is 0 Å². The molecule has 1 amide bonds. The third-order valence-electron chi connectivity index (χ3n) is 6.36. The van der Waals surface area contributed by atoms with Crippen molar-refractivity contribution in [1.29, 1.82) is 0 Å². The van der Waals surface area contributed by atoms with Gasteiger partial charge in [0.15, 0.2) is 5.65 Å². The lowest BCUT2D eigenvalue weighted by Crippen LogP contribution is -2.54. The number of aryl methyl sites for hydroxylation is 2. The number of hydrogen-bond acceptors (Lipinski definition) is 4. The number of carbonyl (C=O) groups excluding carboxylic acids is 1. The third kappa shape index (κ3) is 4.29. The molecule has 2 aliphatic rings. The van der Waals surface area contributed by atoms with Crippen LogP contribution in [0.4, 0.5) is 0 Å². The predicted octanol–water partition coefficient (Wildman–Crippen LogP) is 3.85. The van der Waals surface area contributed by atoms with Gasteiger partial charge in [-0.3, -0.25) is 9.48 Å². The number of likely N-dealkylation sites (tertiary alicyclic amines) is 1. The number of amides is 1. The Kier molecular flexibility index (Phi) is 5.25. The van der Waals surface area contributed by atoms with Crippen molar-refractivity contribution in [2.24, 2.45) is 7.05 Å². The zero-order valence-electron chi connectivity index (χ0n) is 19.2. The van der Waals surface area contributed by atoms with Crippen LogP contribution in [0.15, 0.2) is 23.8 Å². The molecule has 162 valence electrons. The van der Waals surface area contributed by atoms with Gasteiger partial charge in [0.25, 0.3) is 0 Å². The molecule has 2 aliphatic heterocycles. The van der Waals surface area contributed by atoms with Crippen LogP contribution >= 0.6 is 0 Å². The van der Waals surface area contributed by atoms with Gasteiger partial charge < -0.3 is 10.2 Å². The molecule has 0 radical (unpaired) electrons. The Labute approximate surface area is 179 Å². The van der Waals surface area contributed by atoms with Gasteiger partial charge in [-0.2, -0.15) is 5.10 Å². The van der Waals surface area contributed by atoms with E-state index in [4.69, 9.17) is 4.98 Å². The Bertz CT molecular complexity index is 1000. The summed E-state index contributed by atoms with van der Waals surface area (Å²) in [5.41, 5.74) is 4.19. The minimum absolute atomic E-state index is 0.0128. The van der Waals surface area contributed by atoms with E-state index in [2.05, 4.69) is 61.2 Å². The van der Waals surface area contributed by atoms with Crippen LogP contribution in [0.3, 0.4) is 0 Å². The predicted molar refractivity (Wildman–Crippen MR) is 120 cm³/mol. The SMILES string of the molecule is Cc1nn(C)c2nc([C@H]3CCCN(C(=O)CC4=CC(C)(C)NC(C)(C)C4)C3)ccc12. The standard InChI is InChI=1S/C24H35N5O/c1-16-19-9-10-20(25-22(19)28(6)26-16)18-8-7-11-29(15-18)21(30)12-17-13-23(2,3)27-24(4,5)14-17/h9-10,13,18,27H,7-8,11-12,14-15H2,1-6H3/t18-/m0/s1. The first-order chi connectivity index (χ1) is 14.0. The summed E-state index contributed by atoms with van der Waals surface area (Å²) in [6.45, 7) is 12.4. The molecule has 1 fully saturated rings. The van der Waals surface area contributed by atoms with Crippen LogP contribution in [-0.2, 0) is 11.8 Å². The maximum absolute atomic E-state index is 13.2. The molecule has 1 saturated heterocycles. The summed E-state index contributed by atoms with van der Waals surface area (Å²) in [5, 5.41) is 9.24. The topological polar surface area (TPSA) is 63.1 Å². The number of pyridine rings is 1. The highest BCUT2D eigenvalue weighted by Gasteiger charge is 2.34. The van der Waals surface area contributed by atoms with Gasteiger partial charge in [0.1, 0.15) is 0 Å². The Morgan fingerprint density at radius 2 is 2.03 bits per heavy atom. The second-order valence-corrected chi connectivity index (χ2v) is 10.4. The smallest absolute Gasteiger partial charge is 0.226 e. The van der Waals surface area contributed by atoms with Crippen molar-refractivity contribution in [2.75, 3.05) is 13.1 Å². The molecule has 1 N–H and O–H groups in total. The molecule has 0 spiro atoms. The Morgan fingerprint density at radius 3 is 2.77 bits per heavy atom. The fourth-order valence-corrected chi connectivity index (χ4v) is 5.49. The van der Waals surface area contributed by atoms with Crippen LogP contribution in [0.1, 0.15) is 70.7 Å². The minimum atomic E-state index is -0.0810. The summed E-state index contributed by atoms with van der Waals surface area (Å²) in [6.07, 6.45) is 5.79. The molecule has 2 aromatic heterocycles. The molecule has 4 rings (SSSR count). The first kappa shape index (κ1) is 21.0. The van der Waals surface area contributed by atoms with Crippen LogP contribution in [0.2, 0.25) is 0 Å². The van der Waals surface area contributed by atoms with Gasteiger partial charge in [0, 0.05) is 54.6 Å². The summed E-state index contributed by atoms with van der Waals surface area (Å²) < 4.78 is 1.85. The second kappa shape index (κ2) is 7.49. The molecule has 0 saturated carbocycles. The molecule has 0 bridgehead atoms. The molecule has 30 heavy (non-hydrogen) atoms. The highest BCUT2D eigenvalue weighted by Crippen LogP contribution is 2.32. The number of nitrogens with one attached hydrogen (secondary N) is 1. The summed E-state index contributed by atoms with van der Waals surface area (Å²) in [7, 11) is 1.94. The van der Waals surface area contributed by atoms with E-state index < -0.39 is 0 Å². The van der Waals surface area contributed by atoms with E-state index >= 15 is 0 Å². The van der Waals surface area contributed by atoms with Gasteiger partial charge >= 0.3 is 0 Å². The van der Waals surface area contributed by atoms with E-state index in [0.29, 0.717) is 6.42 Å². The maximum atomic E-state index is 13.2. The van der Waals surface area contributed by atoms with E-state index in [1.165, 1.54) is 5.57 Å². The lowest BCUT2D eigenvalue weighted by atomic mass is 9.82. The fraction of sp³-hybridized carbons (Fsp3) is 0.625. The van der Waals surface area contributed by atoms with Crippen LogP contribution in [0.25, 0.3) is 11.0 Å². The third-order valence-corrected chi connectivity index (χ3v) is 6.36. The monoisotopic (exact) mass is 409 g/mol. The van der Waals surface area contributed by atoms with Crippen molar-refractivity contribution in [3.63, 3.8) is 0 Å². The number of piperidine rings is 1. The average molecular weight is 410 g/mol. The number of fused-ring (bicyclic) bond motifs is 1. The number of rotatable bonds is 3. The highest BCUT2D eigenvalue weighted by molar-refractivity contribution is 5.79. The quantitative estimate of drug-likeness (QED) is 0.782. The minimum Gasteiger partial charge on any atom is -0.342 e. The van der Waals surface area contributed by atoms with Crippen LogP contribution < -0.4 is 5.32 Å². The average Bonchev–Trinajstić information content (AvgIpc) is 2.92. The molecule has 0 unspecified atom stereocenters. The Hall–Kier alpha value is -2.21. The van der Waals surface area contributed by atoms with Crippen molar-refractivity contribution in [2.45, 2.75) is 77.3 Å². The molecule has 0 aromatic carbocycles. The largest absolute Gasteiger partial charge is 0.342 e. The normalized spacial score (nSPS) is 23.5. The molecule has 2 aromatic rings. The molecule has 1 atom stereocenters.